The fourth-order valence-electron chi connectivity index (χ4n) is 1.76. The Labute approximate surface area is 75.7 Å². The summed E-state index contributed by atoms with van der Waals surface area (Å²) in [6.07, 6.45) is 13.6. The van der Waals surface area contributed by atoms with Crippen molar-refractivity contribution in [3.05, 3.63) is 37.5 Å². The van der Waals surface area contributed by atoms with Gasteiger partial charge in [-0.1, -0.05) is 24.3 Å². The average Bonchev–Trinajstić information content (AvgIpc) is 2.09. The highest BCUT2D eigenvalue weighted by atomic mass is 14.2. The van der Waals surface area contributed by atoms with Gasteiger partial charge in [0.1, 0.15) is 0 Å². The van der Waals surface area contributed by atoms with Crippen LogP contribution >= 0.6 is 0 Å². The van der Waals surface area contributed by atoms with E-state index in [0.717, 1.165) is 24.7 Å². The highest BCUT2D eigenvalue weighted by molar-refractivity contribution is 5.01. The van der Waals surface area contributed by atoms with E-state index in [1.54, 1.807) is 0 Å². The molecule has 2 atom stereocenters. The first-order valence-electron chi connectivity index (χ1n) is 4.77. The van der Waals surface area contributed by atoms with Gasteiger partial charge in [-0.2, -0.15) is 0 Å². The van der Waals surface area contributed by atoms with Gasteiger partial charge in [0.15, 0.2) is 0 Å². The molecule has 0 saturated heterocycles. The van der Waals surface area contributed by atoms with Crippen molar-refractivity contribution in [2.24, 2.45) is 11.8 Å². The van der Waals surface area contributed by atoms with Gasteiger partial charge in [0.2, 0.25) is 0 Å². The number of hydrogen-bond acceptors (Lipinski definition) is 0. The molecule has 1 rings (SSSR count). The van der Waals surface area contributed by atoms with Crippen molar-refractivity contribution in [3.63, 3.8) is 0 Å². The first-order chi connectivity index (χ1) is 5.86. The predicted octanol–water partition coefficient (Wildman–Crippen LogP) is 3.72. The van der Waals surface area contributed by atoms with Crippen LogP contribution < -0.4 is 0 Å². The molecule has 0 aromatic carbocycles. The third-order valence-electron chi connectivity index (χ3n) is 2.50. The lowest BCUT2D eigenvalue weighted by Gasteiger charge is -2.20. The Morgan fingerprint density at radius 3 is 1.67 bits per heavy atom. The quantitative estimate of drug-likeness (QED) is 0.553. The molecule has 0 spiro atoms. The largest absolute Gasteiger partial charge is 0.103 e. The van der Waals surface area contributed by atoms with Crippen LogP contribution in [0.15, 0.2) is 37.5 Å². The average molecular weight is 162 g/mol. The first kappa shape index (κ1) is 9.31. The van der Waals surface area contributed by atoms with Gasteiger partial charge in [-0.15, -0.1) is 13.2 Å². The van der Waals surface area contributed by atoms with Crippen LogP contribution in [-0.2, 0) is 0 Å². The second kappa shape index (κ2) is 4.97. The molecular weight excluding hydrogens is 144 g/mol. The maximum absolute atomic E-state index is 3.76. The van der Waals surface area contributed by atoms with E-state index in [0.29, 0.717) is 0 Å². The molecule has 12 heavy (non-hydrogen) atoms. The molecule has 0 amide bonds. The van der Waals surface area contributed by atoms with Gasteiger partial charge < -0.3 is 0 Å². The van der Waals surface area contributed by atoms with Crippen LogP contribution in [0.3, 0.4) is 0 Å². The van der Waals surface area contributed by atoms with Gasteiger partial charge in [-0.3, -0.25) is 0 Å². The Kier molecular flexibility index (Phi) is 3.86. The van der Waals surface area contributed by atoms with Gasteiger partial charge in [0.05, 0.1) is 0 Å². The SMILES string of the molecule is C=CCC1C=CC(CC=C)CC1. The van der Waals surface area contributed by atoms with Crippen LogP contribution in [0.25, 0.3) is 0 Å². The maximum Gasteiger partial charge on any atom is -0.0199 e. The van der Waals surface area contributed by atoms with Crippen LogP contribution in [-0.4, -0.2) is 0 Å². The topological polar surface area (TPSA) is 0 Å². The molecule has 0 aromatic heterocycles. The standard InChI is InChI=1S/C12H18/c1-3-5-11-7-9-12(6-4-2)10-8-11/h3-4,7,9,11-12H,1-2,5-6,8,10H2. The Morgan fingerprint density at radius 1 is 1.00 bits per heavy atom. The molecule has 66 valence electrons. The van der Waals surface area contributed by atoms with Crippen molar-refractivity contribution < 1.29 is 0 Å². The summed E-state index contributed by atoms with van der Waals surface area (Å²) in [5, 5.41) is 0. The van der Waals surface area contributed by atoms with Gasteiger partial charge >= 0.3 is 0 Å². The van der Waals surface area contributed by atoms with Crippen molar-refractivity contribution in [3.8, 4) is 0 Å². The first-order valence-corrected chi connectivity index (χ1v) is 4.77. The molecule has 1 aliphatic rings. The highest BCUT2D eigenvalue weighted by Crippen LogP contribution is 2.26. The molecule has 0 aromatic rings. The van der Waals surface area contributed by atoms with Gasteiger partial charge in [-0.05, 0) is 37.5 Å². The van der Waals surface area contributed by atoms with E-state index in [1.165, 1.54) is 12.8 Å². The molecular formula is C12H18. The minimum Gasteiger partial charge on any atom is -0.103 e. The maximum atomic E-state index is 3.76. The van der Waals surface area contributed by atoms with E-state index < -0.39 is 0 Å². The van der Waals surface area contributed by atoms with E-state index in [4.69, 9.17) is 0 Å². The third kappa shape index (κ3) is 2.69. The summed E-state index contributed by atoms with van der Waals surface area (Å²) >= 11 is 0. The Bertz CT molecular complexity index is 156. The fourth-order valence-corrected chi connectivity index (χ4v) is 1.76. The molecule has 0 heteroatoms. The summed E-state index contributed by atoms with van der Waals surface area (Å²) < 4.78 is 0. The molecule has 0 fully saturated rings. The lowest BCUT2D eigenvalue weighted by molar-refractivity contribution is 0.461. The summed E-state index contributed by atoms with van der Waals surface area (Å²) in [6.45, 7) is 7.52. The number of allylic oxidation sites excluding steroid dienone is 4. The van der Waals surface area contributed by atoms with Crippen molar-refractivity contribution in [2.75, 3.05) is 0 Å². The summed E-state index contributed by atoms with van der Waals surface area (Å²) in [4.78, 5) is 0. The van der Waals surface area contributed by atoms with Crippen LogP contribution in [0.5, 0.6) is 0 Å². The fraction of sp³-hybridized carbons (Fsp3) is 0.500. The van der Waals surface area contributed by atoms with Crippen molar-refractivity contribution in [1.82, 2.24) is 0 Å². The van der Waals surface area contributed by atoms with Crippen LogP contribution in [0.2, 0.25) is 0 Å². The molecule has 2 unspecified atom stereocenters. The normalized spacial score (nSPS) is 28.3. The summed E-state index contributed by atoms with van der Waals surface area (Å²) in [7, 11) is 0. The van der Waals surface area contributed by atoms with Crippen LogP contribution in [0, 0.1) is 11.8 Å². The zero-order valence-electron chi connectivity index (χ0n) is 7.71. The van der Waals surface area contributed by atoms with Crippen molar-refractivity contribution in [1.29, 1.82) is 0 Å². The Hall–Kier alpha value is -0.780. The van der Waals surface area contributed by atoms with E-state index >= 15 is 0 Å². The molecule has 0 N–H and O–H groups in total. The van der Waals surface area contributed by atoms with Gasteiger partial charge in [0, 0.05) is 0 Å². The molecule has 0 heterocycles. The molecule has 0 saturated carbocycles. The number of hydrogen-bond donors (Lipinski definition) is 0. The number of rotatable bonds is 4. The molecule has 0 aliphatic heterocycles. The smallest absolute Gasteiger partial charge is 0.0199 e. The molecule has 0 radical (unpaired) electrons. The van der Waals surface area contributed by atoms with E-state index in [2.05, 4.69) is 25.3 Å². The lowest BCUT2D eigenvalue weighted by Crippen LogP contribution is -2.07. The monoisotopic (exact) mass is 162 g/mol. The van der Waals surface area contributed by atoms with Gasteiger partial charge in [-0.25, -0.2) is 0 Å². The zero-order chi connectivity index (χ0) is 8.81. The minimum atomic E-state index is 0.753. The highest BCUT2D eigenvalue weighted by Gasteiger charge is 2.12. The van der Waals surface area contributed by atoms with Crippen LogP contribution in [0.1, 0.15) is 25.7 Å². The Balaban J connectivity index is 2.35. The van der Waals surface area contributed by atoms with E-state index in [1.807, 2.05) is 12.2 Å². The van der Waals surface area contributed by atoms with Crippen molar-refractivity contribution in [2.45, 2.75) is 25.7 Å². The summed E-state index contributed by atoms with van der Waals surface area (Å²) in [5.41, 5.74) is 0. The second-order valence-corrected chi connectivity index (χ2v) is 3.53. The lowest BCUT2D eigenvalue weighted by atomic mass is 9.85. The summed E-state index contributed by atoms with van der Waals surface area (Å²) in [5.74, 6) is 1.51. The second-order valence-electron chi connectivity index (χ2n) is 3.53. The predicted molar refractivity (Wildman–Crippen MR) is 55.0 cm³/mol. The van der Waals surface area contributed by atoms with E-state index in [9.17, 15) is 0 Å². The zero-order valence-corrected chi connectivity index (χ0v) is 7.71. The molecule has 0 nitrogen and oxygen atoms in total. The van der Waals surface area contributed by atoms with Crippen molar-refractivity contribution >= 4 is 0 Å². The Morgan fingerprint density at radius 2 is 1.42 bits per heavy atom. The molecule has 0 bridgehead atoms. The van der Waals surface area contributed by atoms with E-state index in [-0.39, 0.29) is 0 Å². The summed E-state index contributed by atoms with van der Waals surface area (Å²) in [6, 6.07) is 0. The minimum absolute atomic E-state index is 0.753. The van der Waals surface area contributed by atoms with Gasteiger partial charge in [0.25, 0.3) is 0 Å². The third-order valence-corrected chi connectivity index (χ3v) is 2.50. The molecule has 1 aliphatic carbocycles. The van der Waals surface area contributed by atoms with Crippen LogP contribution in [0.4, 0.5) is 0 Å².